The lowest BCUT2D eigenvalue weighted by Crippen LogP contribution is -2.37. The number of hydrogen-bond donors (Lipinski definition) is 2. The number of rotatable bonds is 3. The van der Waals surface area contributed by atoms with Crippen LogP contribution in [0.5, 0.6) is 0 Å². The van der Waals surface area contributed by atoms with Crippen molar-refractivity contribution in [2.75, 3.05) is 6.54 Å². The van der Waals surface area contributed by atoms with E-state index in [1.54, 1.807) is 11.3 Å². The van der Waals surface area contributed by atoms with Gasteiger partial charge in [0, 0.05) is 11.4 Å². The zero-order valence-electron chi connectivity index (χ0n) is 10.7. The molecule has 0 aromatic carbocycles. The van der Waals surface area contributed by atoms with Gasteiger partial charge in [0.05, 0.1) is 6.04 Å². The molecule has 0 bridgehead atoms. The highest BCUT2D eigenvalue weighted by Gasteiger charge is 2.21. The summed E-state index contributed by atoms with van der Waals surface area (Å²) in [7, 11) is 0. The molecule has 1 rings (SSSR count). The lowest BCUT2D eigenvalue weighted by molar-refractivity contribution is 0.0506. The molecule has 1 amide bonds. The standard InChI is InChI=1S/C12H20N2O2S/c1-8-5-6-17-10(8)9(7-13)14-11(15)16-12(2,3)4/h5-6,9H,7,13H2,1-4H3,(H,14,15). The van der Waals surface area contributed by atoms with Crippen molar-refractivity contribution in [3.63, 3.8) is 0 Å². The molecule has 0 saturated carbocycles. The number of nitrogens with one attached hydrogen (secondary N) is 1. The third-order valence-corrected chi connectivity index (χ3v) is 3.28. The molecule has 17 heavy (non-hydrogen) atoms. The Bertz CT molecular complexity index is 382. The highest BCUT2D eigenvalue weighted by molar-refractivity contribution is 7.10. The van der Waals surface area contributed by atoms with E-state index in [4.69, 9.17) is 10.5 Å². The second-order valence-corrected chi connectivity index (χ2v) is 5.85. The van der Waals surface area contributed by atoms with Gasteiger partial charge in [0.25, 0.3) is 0 Å². The van der Waals surface area contributed by atoms with E-state index in [0.717, 1.165) is 10.4 Å². The van der Waals surface area contributed by atoms with Crippen molar-refractivity contribution in [3.8, 4) is 0 Å². The fraction of sp³-hybridized carbons (Fsp3) is 0.583. The zero-order valence-corrected chi connectivity index (χ0v) is 11.6. The molecule has 0 radical (unpaired) electrons. The maximum atomic E-state index is 11.7. The van der Waals surface area contributed by atoms with E-state index in [2.05, 4.69) is 5.32 Å². The highest BCUT2D eigenvalue weighted by atomic mass is 32.1. The van der Waals surface area contributed by atoms with Crippen LogP contribution in [0, 0.1) is 6.92 Å². The Hall–Kier alpha value is -1.07. The Morgan fingerprint density at radius 1 is 1.59 bits per heavy atom. The first kappa shape index (κ1) is 14.0. The van der Waals surface area contributed by atoms with Gasteiger partial charge in [0.15, 0.2) is 0 Å². The normalized spacial score (nSPS) is 13.2. The summed E-state index contributed by atoms with van der Waals surface area (Å²) in [6.07, 6.45) is -0.430. The molecule has 0 fully saturated rings. The number of carbonyl (C=O) groups excluding carboxylic acids is 1. The molecule has 5 heteroatoms. The van der Waals surface area contributed by atoms with Gasteiger partial charge in [-0.3, -0.25) is 0 Å². The smallest absolute Gasteiger partial charge is 0.408 e. The second-order valence-electron chi connectivity index (χ2n) is 4.90. The van der Waals surface area contributed by atoms with Crippen molar-refractivity contribution >= 4 is 17.4 Å². The maximum Gasteiger partial charge on any atom is 0.408 e. The minimum absolute atomic E-state index is 0.176. The molecule has 0 spiro atoms. The number of aryl methyl sites for hydroxylation is 1. The molecular weight excluding hydrogens is 236 g/mol. The molecule has 1 aromatic heterocycles. The van der Waals surface area contributed by atoms with Gasteiger partial charge in [0.1, 0.15) is 5.60 Å². The second kappa shape index (κ2) is 5.51. The number of amides is 1. The maximum absolute atomic E-state index is 11.7. The Kier molecular flexibility index (Phi) is 4.54. The molecule has 0 aliphatic carbocycles. The highest BCUT2D eigenvalue weighted by Crippen LogP contribution is 2.23. The molecule has 3 N–H and O–H groups in total. The number of carbonyl (C=O) groups is 1. The SMILES string of the molecule is Cc1ccsc1C(CN)NC(=O)OC(C)(C)C. The van der Waals surface area contributed by atoms with Gasteiger partial charge >= 0.3 is 6.09 Å². The molecule has 1 unspecified atom stereocenters. The molecule has 0 aliphatic rings. The third kappa shape index (κ3) is 4.36. The Morgan fingerprint density at radius 2 is 2.24 bits per heavy atom. The van der Waals surface area contributed by atoms with Gasteiger partial charge in [-0.05, 0) is 44.7 Å². The van der Waals surface area contributed by atoms with Crippen LogP contribution in [0.4, 0.5) is 4.79 Å². The number of ether oxygens (including phenoxy) is 1. The lowest BCUT2D eigenvalue weighted by atomic mass is 10.1. The van der Waals surface area contributed by atoms with Crippen LogP contribution < -0.4 is 11.1 Å². The monoisotopic (exact) mass is 256 g/mol. The van der Waals surface area contributed by atoms with E-state index >= 15 is 0 Å². The van der Waals surface area contributed by atoms with Gasteiger partial charge in [-0.2, -0.15) is 0 Å². The van der Waals surface area contributed by atoms with Crippen molar-refractivity contribution in [3.05, 3.63) is 21.9 Å². The predicted octanol–water partition coefficient (Wildman–Crippen LogP) is 2.58. The number of thiophene rings is 1. The minimum Gasteiger partial charge on any atom is -0.444 e. The van der Waals surface area contributed by atoms with Crippen LogP contribution in [0.1, 0.15) is 37.3 Å². The van der Waals surface area contributed by atoms with E-state index in [0.29, 0.717) is 6.54 Å². The van der Waals surface area contributed by atoms with Gasteiger partial charge in [-0.15, -0.1) is 11.3 Å². The summed E-state index contributed by atoms with van der Waals surface area (Å²) in [6.45, 7) is 7.87. The summed E-state index contributed by atoms with van der Waals surface area (Å²) in [5.41, 5.74) is 6.33. The van der Waals surface area contributed by atoms with Gasteiger partial charge in [0.2, 0.25) is 0 Å². The molecule has 0 saturated heterocycles. The van der Waals surface area contributed by atoms with E-state index < -0.39 is 11.7 Å². The fourth-order valence-corrected chi connectivity index (χ4v) is 2.41. The molecule has 4 nitrogen and oxygen atoms in total. The summed E-state index contributed by atoms with van der Waals surface area (Å²) >= 11 is 1.59. The van der Waals surface area contributed by atoms with Crippen LogP contribution in [0.25, 0.3) is 0 Å². The summed E-state index contributed by atoms with van der Waals surface area (Å²) in [5.74, 6) is 0. The van der Waals surface area contributed by atoms with Crippen molar-refractivity contribution in [2.24, 2.45) is 5.73 Å². The molecule has 96 valence electrons. The van der Waals surface area contributed by atoms with E-state index in [1.807, 2.05) is 39.1 Å². The van der Waals surface area contributed by atoms with Crippen LogP contribution in [0.15, 0.2) is 11.4 Å². The van der Waals surface area contributed by atoms with Gasteiger partial charge < -0.3 is 15.8 Å². The van der Waals surface area contributed by atoms with Gasteiger partial charge in [-0.1, -0.05) is 0 Å². The van der Waals surface area contributed by atoms with E-state index in [-0.39, 0.29) is 6.04 Å². The van der Waals surface area contributed by atoms with Crippen molar-refractivity contribution < 1.29 is 9.53 Å². The van der Waals surface area contributed by atoms with Crippen molar-refractivity contribution in [2.45, 2.75) is 39.3 Å². The Labute approximate surface area is 106 Å². The molecule has 1 atom stereocenters. The Balaban J connectivity index is 2.66. The largest absolute Gasteiger partial charge is 0.444 e. The first-order valence-electron chi connectivity index (χ1n) is 5.57. The fourth-order valence-electron chi connectivity index (χ4n) is 1.42. The zero-order chi connectivity index (χ0) is 13.1. The predicted molar refractivity (Wildman–Crippen MR) is 70.2 cm³/mol. The van der Waals surface area contributed by atoms with Crippen LogP contribution in [0.3, 0.4) is 0 Å². The molecule has 1 aromatic rings. The van der Waals surface area contributed by atoms with Crippen LogP contribution in [-0.4, -0.2) is 18.2 Å². The number of nitrogens with two attached hydrogens (primary N) is 1. The first-order valence-corrected chi connectivity index (χ1v) is 6.45. The average Bonchev–Trinajstić information content (AvgIpc) is 2.58. The molecular formula is C12H20N2O2S. The summed E-state index contributed by atoms with van der Waals surface area (Å²) in [4.78, 5) is 12.7. The first-order chi connectivity index (χ1) is 7.83. The number of alkyl carbamates (subject to hydrolysis) is 1. The van der Waals surface area contributed by atoms with E-state index in [1.165, 1.54) is 0 Å². The summed E-state index contributed by atoms with van der Waals surface area (Å²) in [5, 5.41) is 4.78. The average molecular weight is 256 g/mol. The topological polar surface area (TPSA) is 64.3 Å². The van der Waals surface area contributed by atoms with Crippen LogP contribution in [0.2, 0.25) is 0 Å². The summed E-state index contributed by atoms with van der Waals surface area (Å²) in [6, 6.07) is 1.84. The van der Waals surface area contributed by atoms with Crippen LogP contribution >= 0.6 is 11.3 Å². The number of hydrogen-bond acceptors (Lipinski definition) is 4. The molecule has 1 heterocycles. The van der Waals surface area contributed by atoms with E-state index in [9.17, 15) is 4.79 Å². The minimum atomic E-state index is -0.492. The summed E-state index contributed by atoms with van der Waals surface area (Å²) < 4.78 is 5.21. The lowest BCUT2D eigenvalue weighted by Gasteiger charge is -2.22. The van der Waals surface area contributed by atoms with Gasteiger partial charge in [-0.25, -0.2) is 4.79 Å². The van der Waals surface area contributed by atoms with Crippen LogP contribution in [-0.2, 0) is 4.74 Å². The quantitative estimate of drug-likeness (QED) is 0.873. The molecule has 0 aliphatic heterocycles. The van der Waals surface area contributed by atoms with Crippen molar-refractivity contribution in [1.29, 1.82) is 0 Å². The van der Waals surface area contributed by atoms with Crippen molar-refractivity contribution in [1.82, 2.24) is 5.32 Å². The Morgan fingerprint density at radius 3 is 2.65 bits per heavy atom. The third-order valence-electron chi connectivity index (χ3n) is 2.14.